The van der Waals surface area contributed by atoms with Gasteiger partial charge in [-0.05, 0) is 101 Å². The first-order valence-corrected chi connectivity index (χ1v) is 28.8. The number of aliphatic hydroxyl groups excluding tert-OH is 1. The van der Waals surface area contributed by atoms with Crippen molar-refractivity contribution in [3.05, 3.63) is 18.2 Å². The monoisotopic (exact) mass is 1190 g/mol. The van der Waals surface area contributed by atoms with Gasteiger partial charge in [-0.2, -0.15) is 0 Å². The number of unbranched alkanes of at least 4 members (excludes halogenated alkanes) is 2. The smallest absolute Gasteiger partial charge is 0.326 e. The maximum Gasteiger partial charge on any atom is 0.326 e. The number of rotatable bonds is 41. The van der Waals surface area contributed by atoms with Crippen molar-refractivity contribution >= 4 is 71.1 Å². The standard InChI is InChI=1S/C54H92N14O16/c1-7-31(6)44(67-45(74)33(57)13-8-10-20-55)52(81)62-36(17-19-43(72)73)47(76)64-38(25-32-26-58-28-59-32)50(79)63-37(23-29(2)3)49(78)60-34(14-9-11-21-56)46(75)66-40(27-69)53(82)68-22-12-15-41(68)51(80)61-35(16-18-42(70)71)48(77)65-39(54(83)84)24-30(4)5/h26,28-31,33-41,44,69H,7-25,27,55-57H2,1-6H3,(H,58,59)(H,60,78)(H,61,80)(H,62,81)(H,63,79)(H,64,76)(H,65,77)(H,66,75)(H,67,74)(H,70,71)(H,72,73)(H,83,84)/t31-,33-,34-,35-,36-,37-,38-,39-,40-,41-,44-/m0/s1. The first kappa shape index (κ1) is 72.8. The predicted molar refractivity (Wildman–Crippen MR) is 303 cm³/mol. The van der Waals surface area contributed by atoms with Gasteiger partial charge in [0.25, 0.3) is 0 Å². The van der Waals surface area contributed by atoms with E-state index in [1.54, 1.807) is 41.5 Å². The summed E-state index contributed by atoms with van der Waals surface area (Å²) in [6.07, 6.45) is 3.20. The third kappa shape index (κ3) is 25.7. The minimum absolute atomic E-state index is 0.0246. The Morgan fingerprint density at radius 2 is 1.08 bits per heavy atom. The maximum absolute atomic E-state index is 14.4. The summed E-state index contributed by atoms with van der Waals surface area (Å²) in [6, 6.07) is -13.9. The van der Waals surface area contributed by atoms with E-state index in [0.29, 0.717) is 44.3 Å². The fourth-order valence-electron chi connectivity index (χ4n) is 9.24. The predicted octanol–water partition coefficient (Wildman–Crippen LogP) is -2.65. The van der Waals surface area contributed by atoms with Crippen LogP contribution in [0.4, 0.5) is 0 Å². The number of nitrogens with one attached hydrogen (secondary N) is 9. The summed E-state index contributed by atoms with van der Waals surface area (Å²) in [5, 5.41) is 59.6. The van der Waals surface area contributed by atoms with Crippen molar-refractivity contribution in [1.82, 2.24) is 57.4 Å². The number of amides is 9. The molecule has 2 rings (SSSR count). The Hall–Kier alpha value is -7.31. The number of imidazole rings is 1. The average molecular weight is 1190 g/mol. The summed E-state index contributed by atoms with van der Waals surface area (Å²) in [7, 11) is 0. The average Bonchev–Trinajstić information content (AvgIpc) is 4.13. The minimum atomic E-state index is -1.69. The second-order valence-electron chi connectivity index (χ2n) is 22.1. The normalized spacial score (nSPS) is 16.7. The number of hydrogen-bond donors (Lipinski definition) is 16. The number of carbonyl (C=O) groups excluding carboxylic acids is 9. The van der Waals surface area contributed by atoms with Gasteiger partial charge in [0.05, 0.1) is 19.0 Å². The number of nitrogens with zero attached hydrogens (tertiary/aromatic N) is 2. The molecular weight excluding hydrogens is 1100 g/mol. The number of likely N-dealkylation sites (tertiary alicyclic amines) is 1. The van der Waals surface area contributed by atoms with E-state index in [9.17, 15) is 78.0 Å². The zero-order valence-electron chi connectivity index (χ0n) is 49.1. The highest BCUT2D eigenvalue weighted by Crippen LogP contribution is 2.20. The van der Waals surface area contributed by atoms with Crippen LogP contribution in [0.15, 0.2) is 12.5 Å². The van der Waals surface area contributed by atoms with Crippen LogP contribution in [-0.2, 0) is 64.0 Å². The lowest BCUT2D eigenvalue weighted by Crippen LogP contribution is -2.61. The highest BCUT2D eigenvalue weighted by Gasteiger charge is 2.41. The van der Waals surface area contributed by atoms with E-state index in [1.165, 1.54) is 12.5 Å². The van der Waals surface area contributed by atoms with Crippen LogP contribution in [0.25, 0.3) is 0 Å². The van der Waals surface area contributed by atoms with E-state index in [0.717, 1.165) is 4.90 Å². The molecular formula is C54H92N14O16. The van der Waals surface area contributed by atoms with Crippen LogP contribution in [0.1, 0.15) is 144 Å². The molecule has 0 bridgehead atoms. The van der Waals surface area contributed by atoms with Crippen LogP contribution in [0.5, 0.6) is 0 Å². The van der Waals surface area contributed by atoms with Gasteiger partial charge in [-0.1, -0.05) is 54.4 Å². The molecule has 474 valence electrons. The Morgan fingerprint density at radius 1 is 0.607 bits per heavy atom. The summed E-state index contributed by atoms with van der Waals surface area (Å²) in [5.41, 5.74) is 17.8. The van der Waals surface area contributed by atoms with Gasteiger partial charge in [0.1, 0.15) is 54.4 Å². The zero-order valence-corrected chi connectivity index (χ0v) is 49.1. The van der Waals surface area contributed by atoms with E-state index in [-0.39, 0.29) is 69.9 Å². The van der Waals surface area contributed by atoms with Crippen molar-refractivity contribution in [2.45, 2.75) is 205 Å². The minimum Gasteiger partial charge on any atom is -0.481 e. The summed E-state index contributed by atoms with van der Waals surface area (Å²) in [5.74, 6) is -12.8. The van der Waals surface area contributed by atoms with Gasteiger partial charge in [-0.3, -0.25) is 52.7 Å². The molecule has 0 radical (unpaired) electrons. The molecule has 2 heterocycles. The third-order valence-electron chi connectivity index (χ3n) is 14.1. The number of aromatic nitrogens is 2. The van der Waals surface area contributed by atoms with Crippen molar-refractivity contribution in [2.24, 2.45) is 35.0 Å². The van der Waals surface area contributed by atoms with Crippen LogP contribution < -0.4 is 59.7 Å². The lowest BCUT2D eigenvalue weighted by atomic mass is 9.96. The Balaban J connectivity index is 2.42. The molecule has 0 saturated carbocycles. The van der Waals surface area contributed by atoms with Crippen LogP contribution in [0, 0.1) is 17.8 Å². The fraction of sp³-hybridized carbons (Fsp3) is 0.722. The van der Waals surface area contributed by atoms with E-state index in [2.05, 4.69) is 52.5 Å². The molecule has 9 amide bonds. The molecule has 84 heavy (non-hydrogen) atoms. The number of aliphatic hydroxyl groups is 1. The van der Waals surface area contributed by atoms with E-state index in [4.69, 9.17) is 17.2 Å². The van der Waals surface area contributed by atoms with Gasteiger partial charge in [0.2, 0.25) is 53.2 Å². The van der Waals surface area contributed by atoms with Crippen molar-refractivity contribution < 1.29 is 78.0 Å². The number of aromatic amines is 1. The quantitative estimate of drug-likeness (QED) is 0.0298. The number of carboxylic acids is 3. The molecule has 30 heteroatoms. The molecule has 1 aliphatic rings. The van der Waals surface area contributed by atoms with Crippen molar-refractivity contribution in [2.75, 3.05) is 26.2 Å². The molecule has 1 saturated heterocycles. The third-order valence-corrected chi connectivity index (χ3v) is 14.1. The summed E-state index contributed by atoms with van der Waals surface area (Å²) < 4.78 is 0. The second kappa shape index (κ2) is 37.8. The molecule has 1 aromatic heterocycles. The van der Waals surface area contributed by atoms with Crippen LogP contribution in [-0.4, -0.2) is 193 Å². The lowest BCUT2D eigenvalue weighted by molar-refractivity contribution is -0.144. The first-order chi connectivity index (χ1) is 39.7. The van der Waals surface area contributed by atoms with E-state index < -0.39 is 170 Å². The number of H-pyrrole nitrogens is 1. The molecule has 0 spiro atoms. The number of carboxylic acid groups (broad SMARTS) is 3. The van der Waals surface area contributed by atoms with Crippen molar-refractivity contribution in [3.8, 4) is 0 Å². The molecule has 30 nitrogen and oxygen atoms in total. The molecule has 11 atom stereocenters. The highest BCUT2D eigenvalue weighted by molar-refractivity contribution is 5.99. The van der Waals surface area contributed by atoms with E-state index >= 15 is 0 Å². The van der Waals surface area contributed by atoms with Gasteiger partial charge < -0.3 is 90.0 Å². The van der Waals surface area contributed by atoms with E-state index in [1.807, 2.05) is 0 Å². The fourth-order valence-corrected chi connectivity index (χ4v) is 9.24. The maximum atomic E-state index is 14.4. The van der Waals surface area contributed by atoms with Gasteiger partial charge in [-0.25, -0.2) is 9.78 Å². The number of carbonyl (C=O) groups is 12. The molecule has 0 unspecified atom stereocenters. The number of aliphatic carboxylic acids is 3. The summed E-state index contributed by atoms with van der Waals surface area (Å²) in [6.45, 7) is 10.0. The molecule has 0 aromatic carbocycles. The van der Waals surface area contributed by atoms with Crippen LogP contribution in [0.2, 0.25) is 0 Å². The zero-order chi connectivity index (χ0) is 63.2. The summed E-state index contributed by atoms with van der Waals surface area (Å²) in [4.78, 5) is 169. The second-order valence-corrected chi connectivity index (χ2v) is 22.1. The lowest BCUT2D eigenvalue weighted by Gasteiger charge is -2.30. The van der Waals surface area contributed by atoms with Crippen molar-refractivity contribution in [1.29, 1.82) is 0 Å². The van der Waals surface area contributed by atoms with Gasteiger partial charge >= 0.3 is 17.9 Å². The Bertz CT molecular complexity index is 2340. The molecule has 0 aliphatic carbocycles. The summed E-state index contributed by atoms with van der Waals surface area (Å²) >= 11 is 0. The Labute approximate surface area is 489 Å². The molecule has 1 aromatic rings. The molecule has 19 N–H and O–H groups in total. The highest BCUT2D eigenvalue weighted by atomic mass is 16.4. The van der Waals surface area contributed by atoms with Crippen molar-refractivity contribution in [3.63, 3.8) is 0 Å². The van der Waals surface area contributed by atoms with Crippen LogP contribution >= 0.6 is 0 Å². The van der Waals surface area contributed by atoms with Gasteiger partial charge in [-0.15, -0.1) is 0 Å². The molecule has 1 aliphatic heterocycles. The first-order valence-electron chi connectivity index (χ1n) is 28.8. The number of hydrogen-bond acceptors (Lipinski definition) is 17. The topological polar surface area (TPSA) is 492 Å². The Kier molecular flexibility index (Phi) is 32.8. The number of nitrogens with two attached hydrogens (primary N) is 3. The largest absolute Gasteiger partial charge is 0.481 e. The van der Waals surface area contributed by atoms with Crippen LogP contribution in [0.3, 0.4) is 0 Å². The van der Waals surface area contributed by atoms with Gasteiger partial charge in [0.15, 0.2) is 0 Å². The Morgan fingerprint density at radius 3 is 1.60 bits per heavy atom. The van der Waals surface area contributed by atoms with Gasteiger partial charge in [0, 0.05) is 37.7 Å². The molecule has 1 fully saturated rings. The SMILES string of the molecule is CC[C@H](C)[C@H](NC(=O)[C@@H](N)CCCCN)C(=O)N[C@@H](CCC(=O)O)C(=O)N[C@@H](Cc1cnc[nH]1)C(=O)N[C@@H](CC(C)C)C(=O)N[C@@H](CCCCN)C(=O)N[C@@H](CO)C(=O)N1CCC[C@H]1C(=O)N[C@@H](CCC(=O)O)C(=O)N[C@@H](CC(C)C)C(=O)O.